The van der Waals surface area contributed by atoms with Crippen LogP contribution in [0, 0.1) is 13.8 Å². The Hall–Kier alpha value is -3.42. The molecule has 2 aromatic carbocycles. The van der Waals surface area contributed by atoms with Crippen LogP contribution in [0.25, 0.3) is 0 Å². The summed E-state index contributed by atoms with van der Waals surface area (Å²) in [7, 11) is 4.54. The van der Waals surface area contributed by atoms with Crippen LogP contribution in [0.15, 0.2) is 30.3 Å². The van der Waals surface area contributed by atoms with Crippen LogP contribution in [-0.4, -0.2) is 75.7 Å². The lowest BCUT2D eigenvalue weighted by atomic mass is 10.1. The molecule has 0 N–H and O–H groups in total. The summed E-state index contributed by atoms with van der Waals surface area (Å²) >= 11 is 0. The topological polar surface area (TPSA) is 77.5 Å². The summed E-state index contributed by atoms with van der Waals surface area (Å²) < 4.78 is 21.7. The van der Waals surface area contributed by atoms with Crippen LogP contribution < -0.4 is 18.9 Å². The second-order valence-electron chi connectivity index (χ2n) is 7.64. The second kappa shape index (κ2) is 10.3. The fourth-order valence-electron chi connectivity index (χ4n) is 3.74. The van der Waals surface area contributed by atoms with E-state index in [0.29, 0.717) is 54.7 Å². The van der Waals surface area contributed by atoms with Crippen molar-refractivity contribution in [3.05, 3.63) is 47.0 Å². The highest BCUT2D eigenvalue weighted by atomic mass is 16.5. The molecule has 0 radical (unpaired) electrons. The fourth-order valence-corrected chi connectivity index (χ4v) is 3.74. The average molecular weight is 443 g/mol. The minimum absolute atomic E-state index is 0.0231. The minimum atomic E-state index is -0.150. The number of carbonyl (C=O) groups is 2. The molecule has 3 rings (SSSR count). The molecule has 0 atom stereocenters. The van der Waals surface area contributed by atoms with Crippen LogP contribution >= 0.6 is 0 Å². The summed E-state index contributed by atoms with van der Waals surface area (Å²) in [5, 5.41) is 0. The van der Waals surface area contributed by atoms with Crippen LogP contribution in [0.2, 0.25) is 0 Å². The molecule has 32 heavy (non-hydrogen) atoms. The predicted octanol–water partition coefficient (Wildman–Crippen LogP) is 2.69. The maximum absolute atomic E-state index is 13.0. The Labute approximate surface area is 188 Å². The summed E-state index contributed by atoms with van der Waals surface area (Å²) in [5.74, 6) is 1.75. The third-order valence-electron chi connectivity index (χ3n) is 5.51. The summed E-state index contributed by atoms with van der Waals surface area (Å²) in [6.45, 7) is 5.72. The third-order valence-corrected chi connectivity index (χ3v) is 5.51. The van der Waals surface area contributed by atoms with E-state index in [9.17, 15) is 9.59 Å². The van der Waals surface area contributed by atoms with Gasteiger partial charge in [0, 0.05) is 31.7 Å². The van der Waals surface area contributed by atoms with Crippen molar-refractivity contribution < 1.29 is 28.5 Å². The van der Waals surface area contributed by atoms with Gasteiger partial charge in [-0.2, -0.15) is 0 Å². The number of carbonyl (C=O) groups excluding carboxylic acids is 2. The van der Waals surface area contributed by atoms with Crippen LogP contribution in [0.3, 0.4) is 0 Å². The van der Waals surface area contributed by atoms with Gasteiger partial charge in [0.15, 0.2) is 18.1 Å². The second-order valence-corrected chi connectivity index (χ2v) is 7.64. The SMILES string of the molecule is COc1cc(C(=O)N2CCN(C(=O)COc3ccc(C)cc3C)CC2)cc(OC)c1OC. The van der Waals surface area contributed by atoms with Gasteiger partial charge in [0.25, 0.3) is 11.8 Å². The van der Waals surface area contributed by atoms with E-state index in [0.717, 1.165) is 11.1 Å². The van der Waals surface area contributed by atoms with E-state index in [1.807, 2.05) is 32.0 Å². The van der Waals surface area contributed by atoms with Gasteiger partial charge in [0.2, 0.25) is 5.75 Å². The van der Waals surface area contributed by atoms with Gasteiger partial charge in [0.1, 0.15) is 5.75 Å². The molecule has 8 heteroatoms. The van der Waals surface area contributed by atoms with Gasteiger partial charge < -0.3 is 28.7 Å². The Morgan fingerprint density at radius 3 is 1.94 bits per heavy atom. The Morgan fingerprint density at radius 2 is 1.41 bits per heavy atom. The number of ether oxygens (including phenoxy) is 4. The number of methoxy groups -OCH3 is 3. The first-order valence-electron chi connectivity index (χ1n) is 10.4. The summed E-state index contributed by atoms with van der Waals surface area (Å²) in [5.41, 5.74) is 2.59. The average Bonchev–Trinajstić information content (AvgIpc) is 2.81. The maximum atomic E-state index is 13.0. The number of rotatable bonds is 7. The molecule has 0 aliphatic carbocycles. The molecule has 172 valence electrons. The van der Waals surface area contributed by atoms with Gasteiger partial charge in [0.05, 0.1) is 21.3 Å². The van der Waals surface area contributed by atoms with Gasteiger partial charge in [-0.3, -0.25) is 9.59 Å². The number of hydrogen-bond donors (Lipinski definition) is 0. The number of amides is 2. The van der Waals surface area contributed by atoms with Crippen molar-refractivity contribution in [2.24, 2.45) is 0 Å². The zero-order valence-corrected chi connectivity index (χ0v) is 19.3. The molecule has 1 saturated heterocycles. The van der Waals surface area contributed by atoms with Gasteiger partial charge in [-0.05, 0) is 37.6 Å². The van der Waals surface area contributed by atoms with Gasteiger partial charge in [-0.1, -0.05) is 17.7 Å². The molecule has 2 amide bonds. The molecule has 0 aromatic heterocycles. The lowest BCUT2D eigenvalue weighted by Gasteiger charge is -2.35. The molecule has 0 bridgehead atoms. The molecular weight excluding hydrogens is 412 g/mol. The van der Waals surface area contributed by atoms with Crippen molar-refractivity contribution >= 4 is 11.8 Å². The highest BCUT2D eigenvalue weighted by Crippen LogP contribution is 2.38. The minimum Gasteiger partial charge on any atom is -0.493 e. The normalized spacial score (nSPS) is 13.5. The standard InChI is InChI=1S/C24H30N2O6/c1-16-6-7-19(17(2)12-16)32-15-22(27)25-8-10-26(11-9-25)24(28)18-13-20(29-3)23(31-5)21(14-18)30-4/h6-7,12-14H,8-11,15H2,1-5H3. The van der Waals surface area contributed by atoms with Crippen LogP contribution in [0.1, 0.15) is 21.5 Å². The van der Waals surface area contributed by atoms with E-state index >= 15 is 0 Å². The molecule has 0 unspecified atom stereocenters. The first-order valence-corrected chi connectivity index (χ1v) is 10.4. The van der Waals surface area contributed by atoms with Crippen LogP contribution in [0.4, 0.5) is 0 Å². The Kier molecular flexibility index (Phi) is 7.45. The number of aryl methyl sites for hydroxylation is 2. The monoisotopic (exact) mass is 442 g/mol. The van der Waals surface area contributed by atoms with Crippen molar-refractivity contribution in [1.82, 2.24) is 9.80 Å². The highest BCUT2D eigenvalue weighted by molar-refractivity contribution is 5.96. The van der Waals surface area contributed by atoms with E-state index < -0.39 is 0 Å². The lowest BCUT2D eigenvalue weighted by molar-refractivity contribution is -0.134. The Bertz CT molecular complexity index is 957. The first kappa shape index (κ1) is 23.2. The Morgan fingerprint density at radius 1 is 0.812 bits per heavy atom. The van der Waals surface area contributed by atoms with E-state index in [-0.39, 0.29) is 18.4 Å². The third kappa shape index (κ3) is 5.07. The van der Waals surface area contributed by atoms with Gasteiger partial charge in [-0.25, -0.2) is 0 Å². The van der Waals surface area contributed by atoms with Crippen molar-refractivity contribution in [1.29, 1.82) is 0 Å². The molecule has 1 fully saturated rings. The molecule has 1 aliphatic rings. The Balaban J connectivity index is 1.59. The van der Waals surface area contributed by atoms with Crippen LogP contribution in [0.5, 0.6) is 23.0 Å². The summed E-state index contributed by atoms with van der Waals surface area (Å²) in [6.07, 6.45) is 0. The largest absolute Gasteiger partial charge is 0.493 e. The maximum Gasteiger partial charge on any atom is 0.260 e. The summed E-state index contributed by atoms with van der Waals surface area (Å²) in [4.78, 5) is 29.1. The van der Waals surface area contributed by atoms with E-state index in [1.165, 1.54) is 21.3 Å². The first-order chi connectivity index (χ1) is 15.4. The molecule has 1 heterocycles. The van der Waals surface area contributed by atoms with Crippen molar-refractivity contribution in [3.63, 3.8) is 0 Å². The van der Waals surface area contributed by atoms with E-state index in [4.69, 9.17) is 18.9 Å². The zero-order chi connectivity index (χ0) is 23.3. The highest BCUT2D eigenvalue weighted by Gasteiger charge is 2.27. The van der Waals surface area contributed by atoms with Crippen molar-refractivity contribution in [2.75, 3.05) is 54.1 Å². The molecule has 8 nitrogen and oxygen atoms in total. The molecule has 1 aliphatic heterocycles. The quantitative estimate of drug-likeness (QED) is 0.656. The number of benzene rings is 2. The van der Waals surface area contributed by atoms with Crippen molar-refractivity contribution in [3.8, 4) is 23.0 Å². The van der Waals surface area contributed by atoms with Crippen LogP contribution in [-0.2, 0) is 4.79 Å². The summed E-state index contributed by atoms with van der Waals surface area (Å²) in [6, 6.07) is 9.14. The predicted molar refractivity (Wildman–Crippen MR) is 120 cm³/mol. The van der Waals surface area contributed by atoms with Crippen molar-refractivity contribution in [2.45, 2.75) is 13.8 Å². The molecule has 0 spiro atoms. The van der Waals surface area contributed by atoms with E-state index in [1.54, 1.807) is 21.9 Å². The fraction of sp³-hybridized carbons (Fsp3) is 0.417. The number of piperazine rings is 1. The van der Waals surface area contributed by atoms with Gasteiger partial charge >= 0.3 is 0 Å². The lowest BCUT2D eigenvalue weighted by Crippen LogP contribution is -2.51. The zero-order valence-electron chi connectivity index (χ0n) is 19.3. The number of hydrogen-bond acceptors (Lipinski definition) is 6. The molecule has 0 saturated carbocycles. The molecule has 2 aromatic rings. The number of nitrogens with zero attached hydrogens (tertiary/aromatic N) is 2. The van der Waals surface area contributed by atoms with E-state index in [2.05, 4.69) is 0 Å². The van der Waals surface area contributed by atoms with Gasteiger partial charge in [-0.15, -0.1) is 0 Å². The smallest absolute Gasteiger partial charge is 0.260 e. The molecular formula is C24H30N2O6.